The third-order valence-electron chi connectivity index (χ3n) is 20.2. The van der Waals surface area contributed by atoms with Crippen molar-refractivity contribution in [1.29, 1.82) is 0 Å². The Morgan fingerprint density at radius 2 is 0.471 bits per heavy atom. The van der Waals surface area contributed by atoms with Crippen molar-refractivity contribution in [2.24, 2.45) is 11.8 Å². The van der Waals surface area contributed by atoms with E-state index in [1.165, 1.54) is 250 Å². The lowest BCUT2D eigenvalue weighted by atomic mass is 9.99. The monoisotopic (exact) mass is 1490 g/mol. The van der Waals surface area contributed by atoms with Crippen LogP contribution in [0.15, 0.2) is 0 Å². The molecule has 102 heavy (non-hydrogen) atoms. The first kappa shape index (κ1) is 100. The molecule has 0 amide bonds. The first-order valence-corrected chi connectivity index (χ1v) is 46.1. The maximum atomic E-state index is 13.1. The Labute approximate surface area is 626 Å². The van der Waals surface area contributed by atoms with Crippen molar-refractivity contribution in [3.05, 3.63) is 0 Å². The van der Waals surface area contributed by atoms with E-state index >= 15 is 0 Å². The summed E-state index contributed by atoms with van der Waals surface area (Å²) < 4.78 is 68.7. The summed E-state index contributed by atoms with van der Waals surface area (Å²) in [5, 5.41) is 10.6. The van der Waals surface area contributed by atoms with Gasteiger partial charge in [-0.1, -0.05) is 388 Å². The molecule has 0 saturated carbocycles. The number of hydrogen-bond acceptors (Lipinski definition) is 15. The SMILES string of the molecule is CCCCCCCCCCCCCCCCCCCCCCC(=O)OC[C@H](COP(=O)(O)OC[C@@H](O)COP(=O)(O)OC[C@@H](COC(=O)CCCCCCCCC(C)CC)OC(=O)CCCCCCCCCCC(C)CC)OC(=O)CCCCCCCCCCCCCCCCCCCCCC. The van der Waals surface area contributed by atoms with Crippen LogP contribution in [0, 0.1) is 11.8 Å². The second kappa shape index (κ2) is 74.5. The molecular weight excluding hydrogens is 1330 g/mol. The summed E-state index contributed by atoms with van der Waals surface area (Å²) in [5.74, 6) is -0.610. The topological polar surface area (TPSA) is 237 Å². The quantitative estimate of drug-likeness (QED) is 0.0222. The van der Waals surface area contributed by atoms with Gasteiger partial charge in [-0.3, -0.25) is 37.3 Å². The average Bonchev–Trinajstić information content (AvgIpc) is 0.969. The highest BCUT2D eigenvalue weighted by Gasteiger charge is 2.30. The number of unbranched alkanes of at least 4 members (excludes halogenated alkanes) is 50. The molecule has 7 atom stereocenters. The second-order valence-electron chi connectivity index (χ2n) is 30.4. The van der Waals surface area contributed by atoms with E-state index in [9.17, 15) is 43.2 Å². The summed E-state index contributed by atoms with van der Waals surface area (Å²) in [7, 11) is -9.92. The molecule has 0 aromatic carbocycles. The molecule has 0 spiro atoms. The molecule has 19 heteroatoms. The molecule has 0 bridgehead atoms. The molecule has 0 aromatic rings. The highest BCUT2D eigenvalue weighted by molar-refractivity contribution is 7.47. The number of hydrogen-bond donors (Lipinski definition) is 3. The Hall–Kier alpha value is -1.94. The molecular formula is C83H162O17P2. The van der Waals surface area contributed by atoms with Crippen LogP contribution in [0.1, 0.15) is 440 Å². The fourth-order valence-electron chi connectivity index (χ4n) is 12.8. The lowest BCUT2D eigenvalue weighted by molar-refractivity contribution is -0.161. The summed E-state index contributed by atoms with van der Waals surface area (Å²) in [4.78, 5) is 73.1. The van der Waals surface area contributed by atoms with Gasteiger partial charge in [-0.15, -0.1) is 0 Å². The van der Waals surface area contributed by atoms with E-state index in [0.29, 0.717) is 25.7 Å². The number of rotatable bonds is 82. The average molecular weight is 1490 g/mol. The molecule has 0 aliphatic carbocycles. The molecule has 0 aromatic heterocycles. The van der Waals surface area contributed by atoms with Gasteiger partial charge >= 0.3 is 39.5 Å². The standard InChI is InChI=1S/C83H162O17P2/c1-7-11-13-15-17-19-21-23-25-27-29-31-33-35-37-39-41-46-53-59-65-80(85)93-71-78(99-82(87)67-61-55-47-42-40-38-36-34-32-30-28-26-24-22-20-18-16-14-12-8-2)73-97-101(89,90)95-69-77(84)70-96-102(91,92)98-74-79(72-94-81(86)66-60-54-50-49-52-58-64-76(6)10-4)100-83(88)68-62-56-48-44-43-45-51-57-63-75(5)9-3/h75-79,84H,7-74H2,1-6H3,(H,89,90)(H,91,92)/t75?,76?,77-,78-,79-/m1/s1. The minimum atomic E-state index is -4.96. The van der Waals surface area contributed by atoms with Crippen LogP contribution in [0.25, 0.3) is 0 Å². The molecule has 0 saturated heterocycles. The van der Waals surface area contributed by atoms with E-state index in [1.54, 1.807) is 0 Å². The Kier molecular flexibility index (Phi) is 73.1. The lowest BCUT2D eigenvalue weighted by Gasteiger charge is -2.21. The number of phosphoric acid groups is 2. The van der Waals surface area contributed by atoms with E-state index < -0.39 is 97.5 Å². The third kappa shape index (κ3) is 73.6. The first-order chi connectivity index (χ1) is 49.4. The van der Waals surface area contributed by atoms with Crippen LogP contribution in [-0.4, -0.2) is 96.7 Å². The Balaban J connectivity index is 5.21. The molecule has 0 radical (unpaired) electrons. The summed E-state index contributed by atoms with van der Waals surface area (Å²) in [6, 6.07) is 0. The van der Waals surface area contributed by atoms with E-state index in [0.717, 1.165) is 108 Å². The second-order valence-corrected chi connectivity index (χ2v) is 33.3. The van der Waals surface area contributed by atoms with E-state index in [2.05, 4.69) is 41.5 Å². The zero-order valence-corrected chi connectivity index (χ0v) is 68.7. The lowest BCUT2D eigenvalue weighted by Crippen LogP contribution is -2.30. The fraction of sp³-hybridized carbons (Fsp3) is 0.952. The third-order valence-corrected chi connectivity index (χ3v) is 22.1. The minimum absolute atomic E-state index is 0.104. The van der Waals surface area contributed by atoms with Gasteiger partial charge in [0, 0.05) is 25.7 Å². The van der Waals surface area contributed by atoms with Gasteiger partial charge in [-0.25, -0.2) is 9.13 Å². The van der Waals surface area contributed by atoms with Crippen LogP contribution in [0.2, 0.25) is 0 Å². The number of phosphoric ester groups is 2. The van der Waals surface area contributed by atoms with Crippen molar-refractivity contribution in [3.63, 3.8) is 0 Å². The van der Waals surface area contributed by atoms with Crippen molar-refractivity contribution in [2.45, 2.75) is 458 Å². The van der Waals surface area contributed by atoms with E-state index in [4.69, 9.17) is 37.0 Å². The molecule has 4 unspecified atom stereocenters. The maximum Gasteiger partial charge on any atom is 0.472 e. The summed E-state index contributed by atoms with van der Waals surface area (Å²) in [5.41, 5.74) is 0. The zero-order valence-electron chi connectivity index (χ0n) is 66.9. The van der Waals surface area contributed by atoms with Gasteiger partial charge in [0.05, 0.1) is 26.4 Å². The van der Waals surface area contributed by atoms with Gasteiger partial charge in [0.15, 0.2) is 12.2 Å². The Bertz CT molecular complexity index is 1960. The number of aliphatic hydroxyl groups is 1. The number of carbonyl (C=O) groups excluding carboxylic acids is 4. The van der Waals surface area contributed by atoms with Crippen molar-refractivity contribution >= 4 is 39.5 Å². The molecule has 3 N–H and O–H groups in total. The summed E-state index contributed by atoms with van der Waals surface area (Å²) in [6.07, 6.45) is 65.4. The number of esters is 4. The van der Waals surface area contributed by atoms with E-state index in [-0.39, 0.29) is 25.7 Å². The molecule has 606 valence electrons. The van der Waals surface area contributed by atoms with Gasteiger partial charge in [0.2, 0.25) is 0 Å². The molecule has 0 aliphatic rings. The highest BCUT2D eigenvalue weighted by atomic mass is 31.2. The minimum Gasteiger partial charge on any atom is -0.462 e. The smallest absolute Gasteiger partial charge is 0.462 e. The van der Waals surface area contributed by atoms with Crippen LogP contribution in [0.5, 0.6) is 0 Å². The van der Waals surface area contributed by atoms with Crippen LogP contribution in [-0.2, 0) is 65.4 Å². The predicted octanol–water partition coefficient (Wildman–Crippen LogP) is 25.1. The van der Waals surface area contributed by atoms with Gasteiger partial charge in [-0.05, 0) is 37.5 Å². The molecule has 0 fully saturated rings. The van der Waals surface area contributed by atoms with Crippen molar-refractivity contribution < 1.29 is 80.2 Å². The van der Waals surface area contributed by atoms with Crippen LogP contribution < -0.4 is 0 Å². The van der Waals surface area contributed by atoms with Crippen LogP contribution in [0.4, 0.5) is 0 Å². The Morgan fingerprint density at radius 1 is 0.275 bits per heavy atom. The fourth-order valence-corrected chi connectivity index (χ4v) is 14.4. The van der Waals surface area contributed by atoms with Gasteiger partial charge in [0.1, 0.15) is 19.3 Å². The predicted molar refractivity (Wildman–Crippen MR) is 418 cm³/mol. The first-order valence-electron chi connectivity index (χ1n) is 43.1. The summed E-state index contributed by atoms with van der Waals surface area (Å²) >= 11 is 0. The molecule has 17 nitrogen and oxygen atoms in total. The highest BCUT2D eigenvalue weighted by Crippen LogP contribution is 2.45. The van der Waals surface area contributed by atoms with E-state index in [1.807, 2.05) is 0 Å². The molecule has 0 heterocycles. The number of ether oxygens (including phenoxy) is 4. The van der Waals surface area contributed by atoms with Crippen molar-refractivity contribution in [1.82, 2.24) is 0 Å². The van der Waals surface area contributed by atoms with Crippen LogP contribution in [0.3, 0.4) is 0 Å². The summed E-state index contributed by atoms with van der Waals surface area (Å²) in [6.45, 7) is 9.59. The van der Waals surface area contributed by atoms with Gasteiger partial charge in [-0.2, -0.15) is 0 Å². The number of aliphatic hydroxyl groups excluding tert-OH is 1. The zero-order chi connectivity index (χ0) is 74.9. The van der Waals surface area contributed by atoms with Crippen molar-refractivity contribution in [2.75, 3.05) is 39.6 Å². The van der Waals surface area contributed by atoms with Crippen molar-refractivity contribution in [3.8, 4) is 0 Å². The molecule has 0 aliphatic heterocycles. The Morgan fingerprint density at radius 3 is 0.696 bits per heavy atom. The maximum absolute atomic E-state index is 13.1. The largest absolute Gasteiger partial charge is 0.472 e. The van der Waals surface area contributed by atoms with Gasteiger partial charge < -0.3 is 33.8 Å². The normalized spacial score (nSPS) is 14.4. The number of carbonyl (C=O) groups is 4. The van der Waals surface area contributed by atoms with Crippen LogP contribution >= 0.6 is 15.6 Å². The van der Waals surface area contributed by atoms with Gasteiger partial charge in [0.25, 0.3) is 0 Å². The molecule has 0 rings (SSSR count).